The topological polar surface area (TPSA) is 32.7 Å². The number of carbonyl (C=O) groups excluding carboxylic acids is 1. The molecule has 0 amide bonds. The lowest BCUT2D eigenvalue weighted by atomic mass is 9.76. The third-order valence-corrected chi connectivity index (χ3v) is 4.05. The molecule has 0 aromatic heterocycles. The molecule has 1 aliphatic heterocycles. The van der Waals surface area contributed by atoms with Gasteiger partial charge in [0.2, 0.25) is 0 Å². The lowest BCUT2D eigenvalue weighted by Crippen LogP contribution is -2.39. The summed E-state index contributed by atoms with van der Waals surface area (Å²) in [6, 6.07) is 0.293. The fourth-order valence-electron chi connectivity index (χ4n) is 2.66. The molecule has 3 nitrogen and oxygen atoms in total. The first-order valence-corrected chi connectivity index (χ1v) is 7.60. The van der Waals surface area contributed by atoms with Crippen molar-refractivity contribution in [2.75, 3.05) is 6.54 Å². The Balaban J connectivity index is 3.00. The van der Waals surface area contributed by atoms with Gasteiger partial charge in [-0.25, -0.2) is 0 Å². The number of nitrogens with zero attached hydrogens (tertiary/aromatic N) is 2. The molecule has 0 bridgehead atoms. The lowest BCUT2D eigenvalue weighted by Gasteiger charge is -2.39. The van der Waals surface area contributed by atoms with Crippen LogP contribution in [0.1, 0.15) is 53.4 Å². The number of hydrogen-bond acceptors (Lipinski definition) is 3. The molecule has 0 aromatic carbocycles. The maximum absolute atomic E-state index is 12.3. The van der Waals surface area contributed by atoms with Crippen LogP contribution in [0.15, 0.2) is 29.0 Å². The maximum atomic E-state index is 12.3. The lowest BCUT2D eigenvalue weighted by molar-refractivity contribution is -0.116. The van der Waals surface area contributed by atoms with Crippen LogP contribution < -0.4 is 0 Å². The molecule has 1 heterocycles. The van der Waals surface area contributed by atoms with E-state index in [1.807, 2.05) is 0 Å². The molecule has 20 heavy (non-hydrogen) atoms. The van der Waals surface area contributed by atoms with Crippen molar-refractivity contribution in [3.63, 3.8) is 0 Å². The van der Waals surface area contributed by atoms with Gasteiger partial charge in [0.15, 0.2) is 5.78 Å². The summed E-state index contributed by atoms with van der Waals surface area (Å²) in [6.07, 6.45) is 9.45. The van der Waals surface area contributed by atoms with Crippen molar-refractivity contribution in [1.29, 1.82) is 0 Å². The minimum Gasteiger partial charge on any atom is -0.371 e. The third-order valence-electron chi connectivity index (χ3n) is 4.05. The van der Waals surface area contributed by atoms with Crippen molar-refractivity contribution in [1.82, 2.24) is 4.90 Å². The van der Waals surface area contributed by atoms with Crippen molar-refractivity contribution in [3.05, 3.63) is 24.0 Å². The number of carbonyl (C=O) groups is 1. The molecule has 3 heteroatoms. The molecule has 0 spiro atoms. The summed E-state index contributed by atoms with van der Waals surface area (Å²) in [4.78, 5) is 18.4. The zero-order chi connectivity index (χ0) is 15.2. The van der Waals surface area contributed by atoms with Gasteiger partial charge >= 0.3 is 0 Å². The number of hydrogen-bond donors (Lipinski definition) is 0. The molecule has 112 valence electrons. The van der Waals surface area contributed by atoms with Crippen LogP contribution in [-0.4, -0.2) is 30.0 Å². The predicted molar refractivity (Wildman–Crippen MR) is 85.9 cm³/mol. The highest BCUT2D eigenvalue weighted by Crippen LogP contribution is 2.36. The molecule has 0 N–H and O–H groups in total. The van der Waals surface area contributed by atoms with Gasteiger partial charge in [-0.15, -0.1) is 0 Å². The van der Waals surface area contributed by atoms with Crippen LogP contribution in [0.4, 0.5) is 0 Å². The van der Waals surface area contributed by atoms with Gasteiger partial charge in [-0.2, -0.15) is 0 Å². The van der Waals surface area contributed by atoms with E-state index in [9.17, 15) is 4.79 Å². The number of allylic oxidation sites excluding steroid dienone is 1. The Bertz CT molecular complexity index is 407. The summed E-state index contributed by atoms with van der Waals surface area (Å²) >= 11 is 0. The number of ketones is 1. The van der Waals surface area contributed by atoms with Crippen molar-refractivity contribution >= 4 is 12.5 Å². The maximum Gasteiger partial charge on any atom is 0.160 e. The summed E-state index contributed by atoms with van der Waals surface area (Å²) in [6.45, 7) is 13.0. The highest BCUT2D eigenvalue weighted by atomic mass is 16.1. The summed E-state index contributed by atoms with van der Waals surface area (Å²) in [7, 11) is 0. The molecule has 0 aromatic rings. The zero-order valence-corrected chi connectivity index (χ0v) is 13.4. The van der Waals surface area contributed by atoms with Crippen LogP contribution in [0, 0.1) is 5.41 Å². The minimum atomic E-state index is -0.0125. The largest absolute Gasteiger partial charge is 0.371 e. The van der Waals surface area contributed by atoms with Gasteiger partial charge in [0.05, 0.1) is 0 Å². The number of aliphatic imine (C=N–C) groups is 1. The molecular formula is C17H28N2O. The Hall–Kier alpha value is -1.38. The second-order valence-corrected chi connectivity index (χ2v) is 6.09. The standard InChI is InChI=1S/C17H28N2O/c1-6-8-16(20)15-13-19(12-10-17(15,3)4)14(7-2)9-11-18-5/h9,11,13-14H,5-8,10,12H2,1-4H3. The molecule has 1 aliphatic rings. The first-order valence-electron chi connectivity index (χ1n) is 7.60. The van der Waals surface area contributed by atoms with E-state index in [1.165, 1.54) is 0 Å². The second kappa shape index (κ2) is 7.41. The Morgan fingerprint density at radius 2 is 2.25 bits per heavy atom. The smallest absolute Gasteiger partial charge is 0.160 e. The van der Waals surface area contributed by atoms with E-state index in [4.69, 9.17) is 0 Å². The average molecular weight is 276 g/mol. The van der Waals surface area contributed by atoms with E-state index >= 15 is 0 Å². The van der Waals surface area contributed by atoms with Crippen molar-refractivity contribution in [2.24, 2.45) is 10.4 Å². The number of rotatable bonds is 7. The first kappa shape index (κ1) is 16.7. The average Bonchev–Trinajstić information content (AvgIpc) is 2.40. The zero-order valence-electron chi connectivity index (χ0n) is 13.4. The van der Waals surface area contributed by atoms with Crippen molar-refractivity contribution in [3.8, 4) is 0 Å². The monoisotopic (exact) mass is 276 g/mol. The fraction of sp³-hybridized carbons (Fsp3) is 0.647. The van der Waals surface area contributed by atoms with Gasteiger partial charge in [0, 0.05) is 37.0 Å². The molecule has 0 aliphatic carbocycles. The predicted octanol–water partition coefficient (Wildman–Crippen LogP) is 3.96. The number of Topliss-reactive ketones (excluding diaryl/α,β-unsaturated/α-hetero) is 1. The van der Waals surface area contributed by atoms with E-state index in [0.717, 1.165) is 31.4 Å². The molecule has 1 atom stereocenters. The van der Waals surface area contributed by atoms with Gasteiger partial charge in [-0.05, 0) is 37.5 Å². The van der Waals surface area contributed by atoms with Crippen LogP contribution in [0.5, 0.6) is 0 Å². The highest BCUT2D eigenvalue weighted by Gasteiger charge is 2.33. The quantitative estimate of drug-likeness (QED) is 0.659. The van der Waals surface area contributed by atoms with Gasteiger partial charge in [-0.1, -0.05) is 27.7 Å². The van der Waals surface area contributed by atoms with Crippen LogP contribution in [0.25, 0.3) is 0 Å². The van der Waals surface area contributed by atoms with Crippen molar-refractivity contribution < 1.29 is 4.79 Å². The van der Waals surface area contributed by atoms with E-state index < -0.39 is 0 Å². The summed E-state index contributed by atoms with van der Waals surface area (Å²) in [5.41, 5.74) is 0.963. The molecule has 0 radical (unpaired) electrons. The summed E-state index contributed by atoms with van der Waals surface area (Å²) in [5.74, 6) is 0.294. The summed E-state index contributed by atoms with van der Waals surface area (Å²) in [5, 5.41) is 0. The van der Waals surface area contributed by atoms with Gasteiger partial charge in [0.25, 0.3) is 0 Å². The van der Waals surface area contributed by atoms with E-state index in [-0.39, 0.29) is 5.41 Å². The van der Waals surface area contributed by atoms with Crippen LogP contribution in [-0.2, 0) is 4.79 Å². The van der Waals surface area contributed by atoms with Crippen molar-refractivity contribution in [2.45, 2.75) is 59.4 Å². The van der Waals surface area contributed by atoms with Crippen LogP contribution in [0.3, 0.4) is 0 Å². The summed E-state index contributed by atoms with van der Waals surface area (Å²) < 4.78 is 0. The molecular weight excluding hydrogens is 248 g/mol. The first-order chi connectivity index (χ1) is 9.46. The fourth-order valence-corrected chi connectivity index (χ4v) is 2.66. The SMILES string of the molecule is C=NC=CC(CC)N1C=C(C(=O)CCC)C(C)(C)CC1. The van der Waals surface area contributed by atoms with E-state index in [2.05, 4.69) is 56.6 Å². The molecule has 0 fully saturated rings. The highest BCUT2D eigenvalue weighted by molar-refractivity contribution is 5.96. The Morgan fingerprint density at radius 1 is 1.55 bits per heavy atom. The Labute approximate surface area is 123 Å². The van der Waals surface area contributed by atoms with E-state index in [0.29, 0.717) is 18.2 Å². The minimum absolute atomic E-state index is 0.0125. The molecule has 1 unspecified atom stereocenters. The normalized spacial score (nSPS) is 19.8. The van der Waals surface area contributed by atoms with Crippen LogP contribution in [0.2, 0.25) is 0 Å². The Kier molecular flexibility index (Phi) is 6.18. The Morgan fingerprint density at radius 3 is 2.80 bits per heavy atom. The van der Waals surface area contributed by atoms with Gasteiger partial charge in [-0.3, -0.25) is 9.79 Å². The second-order valence-electron chi connectivity index (χ2n) is 6.09. The van der Waals surface area contributed by atoms with Crippen LogP contribution >= 0.6 is 0 Å². The third kappa shape index (κ3) is 4.06. The van der Waals surface area contributed by atoms with Gasteiger partial charge < -0.3 is 4.90 Å². The van der Waals surface area contributed by atoms with E-state index in [1.54, 1.807) is 6.20 Å². The molecule has 0 saturated carbocycles. The molecule has 0 saturated heterocycles. The molecule has 1 rings (SSSR count). The van der Waals surface area contributed by atoms with Gasteiger partial charge in [0.1, 0.15) is 0 Å².